The molecule has 20 heavy (non-hydrogen) atoms. The summed E-state index contributed by atoms with van der Waals surface area (Å²) in [5, 5.41) is 0. The van der Waals surface area contributed by atoms with Crippen molar-refractivity contribution in [3.05, 3.63) is 69.8 Å². The Hall–Kier alpha value is -2.13. The van der Waals surface area contributed by atoms with Crippen LogP contribution in [0.4, 0.5) is 0 Å². The smallest absolute Gasteiger partial charge is 0.337 e. The highest BCUT2D eigenvalue weighted by atomic mass is 16.5. The summed E-state index contributed by atoms with van der Waals surface area (Å²) >= 11 is 0. The van der Waals surface area contributed by atoms with Crippen LogP contribution in [0.15, 0.2) is 36.4 Å². The van der Waals surface area contributed by atoms with Crippen LogP contribution in [0.2, 0.25) is 0 Å². The third-order valence-electron chi connectivity index (χ3n) is 4.15. The van der Waals surface area contributed by atoms with Gasteiger partial charge in [0.1, 0.15) is 12.2 Å². The summed E-state index contributed by atoms with van der Waals surface area (Å²) in [4.78, 5) is 11.6. The van der Waals surface area contributed by atoms with Crippen molar-refractivity contribution >= 4 is 5.97 Å². The molecule has 0 saturated heterocycles. The molecule has 2 unspecified atom stereocenters. The number of methoxy groups -OCH3 is 1. The van der Waals surface area contributed by atoms with Gasteiger partial charge >= 0.3 is 5.97 Å². The standard InChI is InChI=1S/C17H14O3/c1-9-3-5-11-13(7-9)15-12-6-4-10(17(18)19-2)8-14(12)16(11)20-15/h3-8,15-16H,1-2H3. The highest BCUT2D eigenvalue weighted by Gasteiger charge is 2.42. The predicted molar refractivity (Wildman–Crippen MR) is 73.7 cm³/mol. The topological polar surface area (TPSA) is 35.5 Å². The molecular weight excluding hydrogens is 252 g/mol. The van der Waals surface area contributed by atoms with Crippen molar-refractivity contribution in [2.45, 2.75) is 19.1 Å². The number of fused-ring (bicyclic) bond motifs is 8. The fourth-order valence-electron chi connectivity index (χ4n) is 3.21. The minimum atomic E-state index is -0.306. The Labute approximate surface area is 117 Å². The minimum absolute atomic E-state index is 0.0107. The van der Waals surface area contributed by atoms with Gasteiger partial charge in [-0.2, -0.15) is 0 Å². The van der Waals surface area contributed by atoms with Gasteiger partial charge in [0.2, 0.25) is 0 Å². The fraction of sp³-hybridized carbons (Fsp3) is 0.235. The number of rotatable bonds is 1. The molecule has 0 radical (unpaired) electrons. The van der Waals surface area contributed by atoms with Gasteiger partial charge in [-0.15, -0.1) is 0 Å². The SMILES string of the molecule is COC(=O)c1ccc2c(c1)C1OC2c2cc(C)ccc21. The van der Waals surface area contributed by atoms with E-state index in [0.29, 0.717) is 5.56 Å². The lowest BCUT2D eigenvalue weighted by Crippen LogP contribution is -2.07. The molecule has 0 fully saturated rings. The zero-order valence-corrected chi connectivity index (χ0v) is 11.3. The van der Waals surface area contributed by atoms with Crippen LogP contribution in [0, 0.1) is 6.92 Å². The molecule has 0 spiro atoms. The van der Waals surface area contributed by atoms with E-state index in [-0.39, 0.29) is 18.2 Å². The first-order valence-corrected chi connectivity index (χ1v) is 6.67. The molecule has 2 heterocycles. The van der Waals surface area contributed by atoms with Crippen LogP contribution in [0.25, 0.3) is 0 Å². The van der Waals surface area contributed by atoms with Gasteiger partial charge in [0.25, 0.3) is 0 Å². The van der Waals surface area contributed by atoms with E-state index in [1.165, 1.54) is 29.4 Å². The molecule has 100 valence electrons. The molecule has 2 bridgehead atoms. The lowest BCUT2D eigenvalue weighted by Gasteiger charge is -2.16. The summed E-state index contributed by atoms with van der Waals surface area (Å²) in [5.41, 5.74) is 6.56. The Balaban J connectivity index is 1.85. The predicted octanol–water partition coefficient (Wildman–Crippen LogP) is 3.30. The third kappa shape index (κ3) is 1.41. The highest BCUT2D eigenvalue weighted by Crippen LogP contribution is 2.54. The summed E-state index contributed by atoms with van der Waals surface area (Å²) < 4.78 is 10.9. The zero-order valence-electron chi connectivity index (χ0n) is 11.3. The molecule has 0 saturated carbocycles. The van der Waals surface area contributed by atoms with Gasteiger partial charge in [-0.3, -0.25) is 0 Å². The first-order valence-electron chi connectivity index (χ1n) is 6.67. The Morgan fingerprint density at radius 2 is 1.65 bits per heavy atom. The molecule has 3 heteroatoms. The third-order valence-corrected chi connectivity index (χ3v) is 4.15. The Morgan fingerprint density at radius 1 is 1.00 bits per heavy atom. The molecule has 3 nitrogen and oxygen atoms in total. The molecule has 0 amide bonds. The van der Waals surface area contributed by atoms with E-state index in [2.05, 4.69) is 25.1 Å². The normalized spacial score (nSPS) is 21.5. The van der Waals surface area contributed by atoms with E-state index < -0.39 is 0 Å². The number of hydrogen-bond acceptors (Lipinski definition) is 3. The number of benzene rings is 2. The molecule has 4 rings (SSSR count). The molecule has 2 aromatic rings. The molecule has 0 aromatic heterocycles. The van der Waals surface area contributed by atoms with Gasteiger partial charge in [0, 0.05) is 0 Å². The zero-order chi connectivity index (χ0) is 13.9. The van der Waals surface area contributed by atoms with Crippen molar-refractivity contribution in [2.24, 2.45) is 0 Å². The van der Waals surface area contributed by atoms with E-state index in [9.17, 15) is 4.79 Å². The van der Waals surface area contributed by atoms with Crippen molar-refractivity contribution in [3.8, 4) is 0 Å². The van der Waals surface area contributed by atoms with E-state index in [1.54, 1.807) is 0 Å². The van der Waals surface area contributed by atoms with E-state index in [4.69, 9.17) is 9.47 Å². The van der Waals surface area contributed by atoms with Crippen LogP contribution in [0.1, 0.15) is 50.4 Å². The summed E-state index contributed by atoms with van der Waals surface area (Å²) in [7, 11) is 1.40. The summed E-state index contributed by atoms with van der Waals surface area (Å²) in [5.74, 6) is -0.306. The maximum Gasteiger partial charge on any atom is 0.337 e. The molecule has 0 aliphatic carbocycles. The number of carbonyl (C=O) groups is 1. The molecule has 0 N–H and O–H groups in total. The summed E-state index contributed by atoms with van der Waals surface area (Å²) in [6, 6.07) is 12.1. The van der Waals surface area contributed by atoms with Crippen molar-refractivity contribution in [1.82, 2.24) is 0 Å². The number of aryl methyl sites for hydroxylation is 1. The lowest BCUT2D eigenvalue weighted by molar-refractivity contribution is 0.0600. The van der Waals surface area contributed by atoms with Crippen molar-refractivity contribution < 1.29 is 14.3 Å². The van der Waals surface area contributed by atoms with Crippen LogP contribution in [-0.2, 0) is 9.47 Å². The van der Waals surface area contributed by atoms with Gasteiger partial charge < -0.3 is 9.47 Å². The van der Waals surface area contributed by atoms with Crippen LogP contribution in [0.5, 0.6) is 0 Å². The quantitative estimate of drug-likeness (QED) is 0.743. The van der Waals surface area contributed by atoms with Crippen molar-refractivity contribution in [1.29, 1.82) is 0 Å². The van der Waals surface area contributed by atoms with Gasteiger partial charge in [0.15, 0.2) is 0 Å². The van der Waals surface area contributed by atoms with Gasteiger partial charge in [-0.1, -0.05) is 29.8 Å². The van der Waals surface area contributed by atoms with Crippen LogP contribution < -0.4 is 0 Å². The van der Waals surface area contributed by atoms with Gasteiger partial charge in [-0.25, -0.2) is 4.79 Å². The van der Waals surface area contributed by atoms with Crippen LogP contribution >= 0.6 is 0 Å². The highest BCUT2D eigenvalue weighted by molar-refractivity contribution is 5.90. The fourth-order valence-corrected chi connectivity index (χ4v) is 3.21. The molecule has 2 aromatic carbocycles. The average molecular weight is 266 g/mol. The van der Waals surface area contributed by atoms with Gasteiger partial charge in [-0.05, 0) is 41.3 Å². The second kappa shape index (κ2) is 3.93. The second-order valence-corrected chi connectivity index (χ2v) is 5.36. The first-order chi connectivity index (χ1) is 9.69. The Kier molecular flexibility index (Phi) is 2.30. The average Bonchev–Trinajstić information content (AvgIpc) is 3.02. The minimum Gasteiger partial charge on any atom is -0.465 e. The van der Waals surface area contributed by atoms with Gasteiger partial charge in [0.05, 0.1) is 12.7 Å². The number of ether oxygens (including phenoxy) is 2. The summed E-state index contributed by atoms with van der Waals surface area (Å²) in [6.07, 6.45) is -0.0354. The lowest BCUT2D eigenvalue weighted by atomic mass is 9.84. The maximum absolute atomic E-state index is 11.6. The largest absolute Gasteiger partial charge is 0.465 e. The number of hydrogen-bond donors (Lipinski definition) is 0. The van der Waals surface area contributed by atoms with Crippen molar-refractivity contribution in [2.75, 3.05) is 7.11 Å². The van der Waals surface area contributed by atoms with E-state index >= 15 is 0 Å². The molecule has 2 aliphatic heterocycles. The molecular formula is C17H14O3. The molecule has 2 aliphatic rings. The Bertz CT molecular complexity index is 733. The maximum atomic E-state index is 11.6. The Morgan fingerprint density at radius 3 is 2.35 bits per heavy atom. The van der Waals surface area contributed by atoms with Crippen molar-refractivity contribution in [3.63, 3.8) is 0 Å². The van der Waals surface area contributed by atoms with E-state index in [1.807, 2.05) is 18.2 Å². The number of carbonyl (C=O) groups excluding carboxylic acids is 1. The van der Waals surface area contributed by atoms with Crippen LogP contribution in [-0.4, -0.2) is 13.1 Å². The van der Waals surface area contributed by atoms with E-state index in [0.717, 1.165) is 5.56 Å². The summed E-state index contributed by atoms with van der Waals surface area (Å²) in [6.45, 7) is 2.09. The number of esters is 1. The second-order valence-electron chi connectivity index (χ2n) is 5.36. The first kappa shape index (κ1) is 11.7. The molecule has 2 atom stereocenters. The van der Waals surface area contributed by atoms with Crippen LogP contribution in [0.3, 0.4) is 0 Å². The monoisotopic (exact) mass is 266 g/mol.